The SMILES string of the molecule is O=S(=O)([O-])C(F)(C(F)(F)C(F)(F)F)C(F)(F)C(F)(F)C(F)(F)C(F)(F)C(F)(F)F. The molecule has 0 saturated carbocycles. The molecule has 1 atom stereocenters. The topological polar surface area (TPSA) is 57.2 Å². The standard InChI is InChI=1S/C8HF17O3S/c9-1(10,2(11,12)4(15,16)7(20,21)22)3(13,14)6(19,29(26,27)28)5(17,18)8(23,24)25/h(H,26,27,28)/p-1. The number of alkyl halides is 17. The van der Waals surface area contributed by atoms with Gasteiger partial charge in [0.25, 0.3) is 0 Å². The van der Waals surface area contributed by atoms with Crippen LogP contribution in [0.25, 0.3) is 0 Å². The molecule has 0 radical (unpaired) electrons. The van der Waals surface area contributed by atoms with Crippen LogP contribution in [-0.4, -0.2) is 59.9 Å². The zero-order valence-electron chi connectivity index (χ0n) is 12.1. The van der Waals surface area contributed by atoms with Gasteiger partial charge >= 0.3 is 47.0 Å². The van der Waals surface area contributed by atoms with E-state index in [1.807, 2.05) is 0 Å². The highest BCUT2D eigenvalue weighted by Crippen LogP contribution is 2.64. The van der Waals surface area contributed by atoms with Crippen LogP contribution < -0.4 is 0 Å². The fourth-order valence-corrected chi connectivity index (χ4v) is 2.34. The molecule has 0 fully saturated rings. The Morgan fingerprint density at radius 1 is 0.414 bits per heavy atom. The predicted octanol–water partition coefficient (Wildman–Crippen LogP) is 4.50. The van der Waals surface area contributed by atoms with Crippen LogP contribution in [0.5, 0.6) is 0 Å². The maximum atomic E-state index is 13.6. The molecule has 1 unspecified atom stereocenters. The summed E-state index contributed by atoms with van der Waals surface area (Å²) in [5.41, 5.74) is 0. The average molecular weight is 499 g/mol. The molecule has 0 rings (SSSR count). The number of rotatable bonds is 6. The minimum atomic E-state index is -9.02. The van der Waals surface area contributed by atoms with Gasteiger partial charge in [0.05, 0.1) is 0 Å². The van der Waals surface area contributed by atoms with Gasteiger partial charge in [-0.15, -0.1) is 0 Å². The minimum absolute atomic E-state index is 7.93. The Bertz CT molecular complexity index is 731. The highest BCUT2D eigenvalue weighted by atomic mass is 32.2. The molecular weight excluding hydrogens is 499 g/mol. The second-order valence-electron chi connectivity index (χ2n) is 4.92. The molecule has 0 saturated heterocycles. The van der Waals surface area contributed by atoms with Crippen LogP contribution in [0.15, 0.2) is 0 Å². The Kier molecular flexibility index (Phi) is 6.08. The van der Waals surface area contributed by atoms with Crippen molar-refractivity contribution in [3.8, 4) is 0 Å². The van der Waals surface area contributed by atoms with E-state index >= 15 is 0 Å². The van der Waals surface area contributed by atoms with Crippen LogP contribution in [0.1, 0.15) is 0 Å². The maximum Gasteiger partial charge on any atom is 0.460 e. The third-order valence-corrected chi connectivity index (χ3v) is 4.25. The minimum Gasteiger partial charge on any atom is -0.745 e. The van der Waals surface area contributed by atoms with E-state index in [0.717, 1.165) is 0 Å². The van der Waals surface area contributed by atoms with E-state index in [2.05, 4.69) is 0 Å². The molecule has 0 bridgehead atoms. The van der Waals surface area contributed by atoms with E-state index in [9.17, 15) is 87.6 Å². The van der Waals surface area contributed by atoms with E-state index in [-0.39, 0.29) is 0 Å². The van der Waals surface area contributed by atoms with Gasteiger partial charge in [-0.3, -0.25) is 0 Å². The molecule has 0 heterocycles. The van der Waals surface area contributed by atoms with Crippen LogP contribution in [0.3, 0.4) is 0 Å². The maximum absolute atomic E-state index is 13.6. The summed E-state index contributed by atoms with van der Waals surface area (Å²) < 4.78 is 245. The molecule has 0 N–H and O–H groups in total. The summed E-state index contributed by atoms with van der Waals surface area (Å²) in [7, 11) is -8.86. The molecule has 0 spiro atoms. The number of halogens is 17. The molecule has 0 aliphatic carbocycles. The van der Waals surface area contributed by atoms with Crippen molar-refractivity contribution in [2.75, 3.05) is 0 Å². The largest absolute Gasteiger partial charge is 0.745 e. The van der Waals surface area contributed by atoms with Crippen LogP contribution in [0, 0.1) is 0 Å². The first-order valence-corrected chi connectivity index (χ1v) is 7.08. The second-order valence-corrected chi connectivity index (χ2v) is 6.39. The zero-order chi connectivity index (χ0) is 24.5. The van der Waals surface area contributed by atoms with Crippen molar-refractivity contribution in [1.29, 1.82) is 0 Å². The first-order chi connectivity index (χ1) is 12.0. The number of hydrogen-bond acceptors (Lipinski definition) is 3. The van der Waals surface area contributed by atoms with Crippen molar-refractivity contribution in [2.24, 2.45) is 0 Å². The number of hydrogen-bond donors (Lipinski definition) is 0. The highest BCUT2D eigenvalue weighted by Gasteiger charge is 2.96. The molecule has 0 aromatic heterocycles. The fourth-order valence-electron chi connectivity index (χ4n) is 1.47. The van der Waals surface area contributed by atoms with Crippen molar-refractivity contribution in [2.45, 2.75) is 47.0 Å². The highest BCUT2D eigenvalue weighted by molar-refractivity contribution is 7.87. The molecule has 0 aliphatic heterocycles. The lowest BCUT2D eigenvalue weighted by Gasteiger charge is -2.45. The summed E-state index contributed by atoms with van der Waals surface area (Å²) in [5.74, 6) is -43.6. The van der Waals surface area contributed by atoms with Gasteiger partial charge in [0.1, 0.15) is 10.1 Å². The zero-order valence-corrected chi connectivity index (χ0v) is 12.9. The van der Waals surface area contributed by atoms with E-state index < -0.39 is 57.1 Å². The first kappa shape index (κ1) is 27.7. The smallest absolute Gasteiger partial charge is 0.460 e. The Labute approximate surface area is 146 Å². The van der Waals surface area contributed by atoms with Gasteiger partial charge in [-0.25, -0.2) is 12.8 Å². The first-order valence-electron chi connectivity index (χ1n) is 5.67. The van der Waals surface area contributed by atoms with Crippen molar-refractivity contribution in [1.82, 2.24) is 0 Å². The van der Waals surface area contributed by atoms with Gasteiger partial charge in [0, 0.05) is 0 Å². The van der Waals surface area contributed by atoms with Crippen molar-refractivity contribution >= 4 is 10.1 Å². The molecular formula is C8F17O3S-. The normalized spacial score (nSPS) is 18.6. The molecule has 21 heteroatoms. The molecule has 0 aliphatic rings. The molecule has 0 aromatic carbocycles. The Balaban J connectivity index is 7.30. The molecule has 29 heavy (non-hydrogen) atoms. The van der Waals surface area contributed by atoms with E-state index in [0.29, 0.717) is 0 Å². The van der Waals surface area contributed by atoms with Crippen LogP contribution in [-0.2, 0) is 10.1 Å². The van der Waals surface area contributed by atoms with E-state index in [4.69, 9.17) is 0 Å². The lowest BCUT2D eigenvalue weighted by atomic mass is 9.92. The Morgan fingerprint density at radius 3 is 0.862 bits per heavy atom. The van der Waals surface area contributed by atoms with Crippen molar-refractivity contribution in [3.63, 3.8) is 0 Å². The fraction of sp³-hybridized carbons (Fsp3) is 1.00. The van der Waals surface area contributed by atoms with Gasteiger partial charge in [-0.05, 0) is 0 Å². The summed E-state index contributed by atoms with van der Waals surface area (Å²) in [6, 6.07) is 0. The van der Waals surface area contributed by atoms with Crippen LogP contribution in [0.4, 0.5) is 74.6 Å². The molecule has 176 valence electrons. The van der Waals surface area contributed by atoms with E-state index in [1.54, 1.807) is 0 Å². The summed E-state index contributed by atoms with van der Waals surface area (Å²) in [6.07, 6.45) is -16.0. The molecule has 0 amide bonds. The van der Waals surface area contributed by atoms with Gasteiger partial charge in [-0.1, -0.05) is 0 Å². The van der Waals surface area contributed by atoms with Gasteiger partial charge in [-0.2, -0.15) is 70.2 Å². The lowest BCUT2D eigenvalue weighted by molar-refractivity contribution is -0.442. The van der Waals surface area contributed by atoms with E-state index in [1.165, 1.54) is 0 Å². The summed E-state index contributed by atoms with van der Waals surface area (Å²) in [6.45, 7) is 0. The summed E-state index contributed by atoms with van der Waals surface area (Å²) >= 11 is 0. The Hall–Kier alpha value is -1.28. The lowest BCUT2D eigenvalue weighted by Crippen LogP contribution is -2.77. The third kappa shape index (κ3) is 3.26. The average Bonchev–Trinajstić information content (AvgIpc) is 2.41. The second kappa shape index (κ2) is 6.36. The monoisotopic (exact) mass is 499 g/mol. The van der Waals surface area contributed by atoms with Gasteiger partial charge in [0.15, 0.2) is 0 Å². The molecule has 3 nitrogen and oxygen atoms in total. The summed E-state index contributed by atoms with van der Waals surface area (Å²) in [5, 5.41) is -8.71. The van der Waals surface area contributed by atoms with Gasteiger partial charge < -0.3 is 4.55 Å². The Morgan fingerprint density at radius 2 is 0.655 bits per heavy atom. The quantitative estimate of drug-likeness (QED) is 0.400. The predicted molar refractivity (Wildman–Crippen MR) is 50.4 cm³/mol. The van der Waals surface area contributed by atoms with Crippen LogP contribution >= 0.6 is 0 Å². The van der Waals surface area contributed by atoms with Gasteiger partial charge in [0.2, 0.25) is 0 Å². The van der Waals surface area contributed by atoms with Crippen molar-refractivity contribution < 1.29 is 87.6 Å². The third-order valence-electron chi connectivity index (χ3n) is 3.05. The van der Waals surface area contributed by atoms with Crippen molar-refractivity contribution in [3.05, 3.63) is 0 Å². The molecule has 0 aromatic rings. The summed E-state index contributed by atoms with van der Waals surface area (Å²) in [4.78, 5) is 0. The van der Waals surface area contributed by atoms with Crippen LogP contribution in [0.2, 0.25) is 0 Å².